The lowest BCUT2D eigenvalue weighted by Gasteiger charge is -2.12. The van der Waals surface area contributed by atoms with E-state index in [4.69, 9.17) is 0 Å². The molecular formula is C5H13I2N. The molecule has 0 aliphatic rings. The van der Waals surface area contributed by atoms with E-state index in [1.54, 1.807) is 0 Å². The third-order valence-electron chi connectivity index (χ3n) is 1.03. The number of hydrogen-bond donors (Lipinski definition) is 0. The van der Waals surface area contributed by atoms with Gasteiger partial charge < -0.3 is 4.90 Å². The fourth-order valence-corrected chi connectivity index (χ4v) is 0. The Kier molecular flexibility index (Phi) is 12.8. The molecule has 0 saturated heterocycles. The van der Waals surface area contributed by atoms with Crippen LogP contribution >= 0.6 is 37.2 Å². The van der Waals surface area contributed by atoms with Crippen molar-refractivity contribution in [1.82, 2.24) is 4.90 Å². The molecule has 0 N–H and O–H groups in total. The molecular weight excluding hydrogens is 328 g/mol. The van der Waals surface area contributed by atoms with Crippen LogP contribution in [0.25, 0.3) is 0 Å². The average molecular weight is 341 g/mol. The monoisotopic (exact) mass is 341 g/mol. The normalized spacial score (nSPS) is 9.00. The molecule has 0 aromatic rings. The number of halogens is 2. The van der Waals surface area contributed by atoms with E-state index in [2.05, 4.69) is 70.1 Å². The maximum atomic E-state index is 2.17. The molecule has 0 amide bonds. The molecule has 3 heteroatoms. The SMILES string of the molecule is CC(C)N(C)C.II. The van der Waals surface area contributed by atoms with Crippen LogP contribution in [0.2, 0.25) is 0 Å². The first-order chi connectivity index (χ1) is 3.64. The van der Waals surface area contributed by atoms with E-state index in [1.165, 1.54) is 0 Å². The molecule has 0 saturated carbocycles. The van der Waals surface area contributed by atoms with Crippen molar-refractivity contribution in [1.29, 1.82) is 0 Å². The Hall–Kier alpha value is 1.42. The van der Waals surface area contributed by atoms with Crippen LogP contribution in [-0.4, -0.2) is 25.0 Å². The standard InChI is InChI=1S/C5H13N.I2/c1-5(2)6(3)4;1-2/h5H,1-4H3;. The Labute approximate surface area is 75.5 Å². The predicted molar refractivity (Wildman–Crippen MR) is 56.9 cm³/mol. The van der Waals surface area contributed by atoms with Gasteiger partial charge in [0.1, 0.15) is 0 Å². The molecule has 0 atom stereocenters. The minimum atomic E-state index is 0.685. The minimum absolute atomic E-state index is 0.685. The van der Waals surface area contributed by atoms with Gasteiger partial charge in [0, 0.05) is 43.3 Å². The van der Waals surface area contributed by atoms with E-state index >= 15 is 0 Å². The molecule has 0 aromatic heterocycles. The second-order valence-corrected chi connectivity index (χ2v) is 2.06. The molecule has 0 unspecified atom stereocenters. The van der Waals surface area contributed by atoms with Gasteiger partial charge in [0.2, 0.25) is 0 Å². The molecule has 0 aliphatic heterocycles. The van der Waals surface area contributed by atoms with E-state index in [9.17, 15) is 0 Å². The Morgan fingerprint density at radius 2 is 1.25 bits per heavy atom. The highest BCUT2D eigenvalue weighted by atomic mass is 128. The average Bonchev–Trinajstić information content (AvgIpc) is 1.72. The number of nitrogens with zero attached hydrogens (tertiary/aromatic N) is 1. The van der Waals surface area contributed by atoms with Gasteiger partial charge in [-0.2, -0.15) is 0 Å². The molecule has 0 heterocycles. The van der Waals surface area contributed by atoms with E-state index in [1.807, 2.05) is 0 Å². The second-order valence-electron chi connectivity index (χ2n) is 2.06. The van der Waals surface area contributed by atoms with Gasteiger partial charge in [-0.3, -0.25) is 0 Å². The zero-order valence-electron chi connectivity index (χ0n) is 5.78. The zero-order valence-corrected chi connectivity index (χ0v) is 10.1. The third-order valence-corrected chi connectivity index (χ3v) is 1.03. The smallest absolute Gasteiger partial charge is 0.00324 e. The summed E-state index contributed by atoms with van der Waals surface area (Å²) >= 11 is 4.24. The van der Waals surface area contributed by atoms with Gasteiger partial charge in [-0.1, -0.05) is 0 Å². The van der Waals surface area contributed by atoms with Crippen LogP contribution < -0.4 is 0 Å². The van der Waals surface area contributed by atoms with Crippen LogP contribution in [-0.2, 0) is 0 Å². The quantitative estimate of drug-likeness (QED) is 0.663. The van der Waals surface area contributed by atoms with Gasteiger partial charge in [-0.05, 0) is 27.9 Å². The highest BCUT2D eigenvalue weighted by Crippen LogP contribution is 1.89. The zero-order chi connectivity index (χ0) is 7.15. The van der Waals surface area contributed by atoms with Crippen molar-refractivity contribution >= 4 is 37.2 Å². The van der Waals surface area contributed by atoms with Crippen LogP contribution in [0.4, 0.5) is 0 Å². The lowest BCUT2D eigenvalue weighted by atomic mass is 10.4. The third kappa shape index (κ3) is 10.4. The summed E-state index contributed by atoms with van der Waals surface area (Å²) in [5.74, 6) is 0. The van der Waals surface area contributed by atoms with Crippen molar-refractivity contribution in [3.05, 3.63) is 0 Å². The molecule has 1 nitrogen and oxygen atoms in total. The van der Waals surface area contributed by atoms with Crippen LogP contribution in [0.1, 0.15) is 13.8 Å². The summed E-state index contributed by atoms with van der Waals surface area (Å²) in [7, 11) is 4.15. The topological polar surface area (TPSA) is 3.24 Å². The van der Waals surface area contributed by atoms with E-state index < -0.39 is 0 Å². The molecule has 0 bridgehead atoms. The molecule has 8 heavy (non-hydrogen) atoms. The van der Waals surface area contributed by atoms with Gasteiger partial charge in [0.25, 0.3) is 0 Å². The largest absolute Gasteiger partial charge is 0.307 e. The summed E-state index contributed by atoms with van der Waals surface area (Å²) < 4.78 is 0. The van der Waals surface area contributed by atoms with Gasteiger partial charge in [-0.15, -0.1) is 0 Å². The minimum Gasteiger partial charge on any atom is -0.307 e. The summed E-state index contributed by atoms with van der Waals surface area (Å²) in [6, 6.07) is 0.685. The summed E-state index contributed by atoms with van der Waals surface area (Å²) in [6.07, 6.45) is 0. The van der Waals surface area contributed by atoms with Crippen LogP contribution in [0.3, 0.4) is 0 Å². The Morgan fingerprint density at radius 1 is 1.12 bits per heavy atom. The molecule has 0 fully saturated rings. The van der Waals surface area contributed by atoms with E-state index in [0.29, 0.717) is 6.04 Å². The maximum absolute atomic E-state index is 2.17. The summed E-state index contributed by atoms with van der Waals surface area (Å²) in [5, 5.41) is 0. The summed E-state index contributed by atoms with van der Waals surface area (Å²) in [6.45, 7) is 4.33. The van der Waals surface area contributed by atoms with Crippen LogP contribution in [0.15, 0.2) is 0 Å². The first kappa shape index (κ1) is 12.1. The van der Waals surface area contributed by atoms with Crippen LogP contribution in [0, 0.1) is 0 Å². The second kappa shape index (κ2) is 8.42. The molecule has 0 spiro atoms. The lowest BCUT2D eigenvalue weighted by molar-refractivity contribution is 0.335. The molecule has 0 aliphatic carbocycles. The molecule has 0 radical (unpaired) electrons. The Bertz CT molecular complexity index is 31.4. The van der Waals surface area contributed by atoms with E-state index in [-0.39, 0.29) is 0 Å². The fraction of sp³-hybridized carbons (Fsp3) is 1.00. The van der Waals surface area contributed by atoms with Gasteiger partial charge in [0.15, 0.2) is 0 Å². The molecule has 0 rings (SSSR count). The highest BCUT2D eigenvalue weighted by Gasteiger charge is 1.90. The molecule has 52 valence electrons. The lowest BCUT2D eigenvalue weighted by Crippen LogP contribution is -2.20. The number of hydrogen-bond acceptors (Lipinski definition) is 1. The van der Waals surface area contributed by atoms with Crippen molar-refractivity contribution in [3.8, 4) is 0 Å². The first-order valence-electron chi connectivity index (χ1n) is 2.45. The maximum Gasteiger partial charge on any atom is 0.00324 e. The van der Waals surface area contributed by atoms with Crippen molar-refractivity contribution in [2.24, 2.45) is 0 Å². The van der Waals surface area contributed by atoms with Gasteiger partial charge in [0.05, 0.1) is 0 Å². The van der Waals surface area contributed by atoms with Crippen molar-refractivity contribution in [2.45, 2.75) is 19.9 Å². The number of rotatable bonds is 1. The predicted octanol–water partition coefficient (Wildman–Crippen LogP) is 2.73. The summed E-state index contributed by atoms with van der Waals surface area (Å²) in [5.41, 5.74) is 0. The van der Waals surface area contributed by atoms with Gasteiger partial charge in [-0.25, -0.2) is 0 Å². The highest BCUT2D eigenvalue weighted by molar-refractivity contribution is 15.0. The first-order valence-corrected chi connectivity index (χ1v) is 8.74. The van der Waals surface area contributed by atoms with Crippen molar-refractivity contribution in [3.63, 3.8) is 0 Å². The van der Waals surface area contributed by atoms with Gasteiger partial charge >= 0.3 is 0 Å². The Balaban J connectivity index is 0. The van der Waals surface area contributed by atoms with Crippen molar-refractivity contribution in [2.75, 3.05) is 14.1 Å². The molecule has 0 aromatic carbocycles. The fourth-order valence-electron chi connectivity index (χ4n) is 0. The van der Waals surface area contributed by atoms with Crippen LogP contribution in [0.5, 0.6) is 0 Å². The van der Waals surface area contributed by atoms with Crippen molar-refractivity contribution < 1.29 is 0 Å². The van der Waals surface area contributed by atoms with E-state index in [0.717, 1.165) is 0 Å². The Morgan fingerprint density at radius 3 is 1.25 bits per heavy atom. The summed E-state index contributed by atoms with van der Waals surface area (Å²) in [4.78, 5) is 2.17.